The summed E-state index contributed by atoms with van der Waals surface area (Å²) in [5.74, 6) is 0.662. The third-order valence-corrected chi connectivity index (χ3v) is 1.42. The van der Waals surface area contributed by atoms with Crippen molar-refractivity contribution in [2.75, 3.05) is 0 Å². The van der Waals surface area contributed by atoms with Gasteiger partial charge in [-0.3, -0.25) is 0 Å². The van der Waals surface area contributed by atoms with Gasteiger partial charge in [0.2, 0.25) is 0 Å². The van der Waals surface area contributed by atoms with Gasteiger partial charge >= 0.3 is 5.97 Å². The van der Waals surface area contributed by atoms with Gasteiger partial charge < -0.3 is 14.8 Å². The van der Waals surface area contributed by atoms with Crippen molar-refractivity contribution in [2.24, 2.45) is 0 Å². The standard InChI is InChI=1S/C9H11NO3/c1-7-2-3-8(13-7)6-10-5-4-9(11)12/h2-5,10H,6H2,1H3,(H,11,12)/b5-4+. The molecule has 0 aliphatic rings. The number of rotatable bonds is 4. The van der Waals surface area contributed by atoms with Crippen LogP contribution in [0.5, 0.6) is 0 Å². The normalized spacial score (nSPS) is 10.5. The molecule has 0 saturated carbocycles. The molecule has 0 unspecified atom stereocenters. The van der Waals surface area contributed by atoms with E-state index in [1.54, 1.807) is 0 Å². The third-order valence-electron chi connectivity index (χ3n) is 1.42. The molecule has 1 aromatic heterocycles. The number of nitrogens with one attached hydrogen (secondary N) is 1. The zero-order valence-corrected chi connectivity index (χ0v) is 7.28. The molecule has 0 saturated heterocycles. The van der Waals surface area contributed by atoms with Gasteiger partial charge in [-0.05, 0) is 19.1 Å². The Morgan fingerprint density at radius 2 is 2.46 bits per heavy atom. The number of aryl methyl sites for hydroxylation is 1. The number of hydrogen-bond donors (Lipinski definition) is 2. The van der Waals surface area contributed by atoms with E-state index in [-0.39, 0.29) is 0 Å². The zero-order valence-electron chi connectivity index (χ0n) is 7.28. The van der Waals surface area contributed by atoms with Crippen LogP contribution in [-0.4, -0.2) is 11.1 Å². The first-order valence-corrected chi connectivity index (χ1v) is 3.86. The molecular formula is C9H11NO3. The highest BCUT2D eigenvalue weighted by molar-refractivity contribution is 5.79. The fourth-order valence-electron chi connectivity index (χ4n) is 0.870. The molecule has 4 heteroatoms. The van der Waals surface area contributed by atoms with Gasteiger partial charge in [0.1, 0.15) is 11.5 Å². The van der Waals surface area contributed by atoms with Gasteiger partial charge in [0.05, 0.1) is 6.54 Å². The molecule has 0 spiro atoms. The zero-order chi connectivity index (χ0) is 9.68. The van der Waals surface area contributed by atoms with Gasteiger partial charge in [-0.25, -0.2) is 4.79 Å². The Bertz CT molecular complexity index is 314. The van der Waals surface area contributed by atoms with Crippen LogP contribution in [0.15, 0.2) is 28.8 Å². The molecule has 13 heavy (non-hydrogen) atoms. The van der Waals surface area contributed by atoms with Gasteiger partial charge in [-0.2, -0.15) is 0 Å². The van der Waals surface area contributed by atoms with E-state index in [1.165, 1.54) is 6.20 Å². The van der Waals surface area contributed by atoms with Crippen molar-refractivity contribution in [3.63, 3.8) is 0 Å². The van der Waals surface area contributed by atoms with Crippen molar-refractivity contribution < 1.29 is 14.3 Å². The lowest BCUT2D eigenvalue weighted by Gasteiger charge is -1.94. The topological polar surface area (TPSA) is 62.5 Å². The summed E-state index contributed by atoms with van der Waals surface area (Å²) in [6.07, 6.45) is 2.41. The van der Waals surface area contributed by atoms with E-state index < -0.39 is 5.97 Å². The van der Waals surface area contributed by atoms with Crippen LogP contribution < -0.4 is 5.32 Å². The van der Waals surface area contributed by atoms with Crippen LogP contribution in [0.4, 0.5) is 0 Å². The number of carboxylic acids is 1. The average Bonchev–Trinajstić information content (AvgIpc) is 2.45. The van der Waals surface area contributed by atoms with Gasteiger partial charge in [0.15, 0.2) is 0 Å². The second-order valence-electron chi connectivity index (χ2n) is 2.56. The molecule has 0 aliphatic heterocycles. The first-order chi connectivity index (χ1) is 6.18. The van der Waals surface area contributed by atoms with Crippen LogP contribution in [-0.2, 0) is 11.3 Å². The molecule has 2 N–H and O–H groups in total. The van der Waals surface area contributed by atoms with E-state index >= 15 is 0 Å². The van der Waals surface area contributed by atoms with Crippen LogP contribution >= 0.6 is 0 Å². The summed E-state index contributed by atoms with van der Waals surface area (Å²) in [5, 5.41) is 11.1. The molecule has 1 aromatic rings. The third kappa shape index (κ3) is 3.46. The van der Waals surface area contributed by atoms with Crippen LogP contribution in [0, 0.1) is 6.92 Å². The highest BCUT2D eigenvalue weighted by atomic mass is 16.4. The summed E-state index contributed by atoms with van der Waals surface area (Å²) in [5.41, 5.74) is 0. The Balaban J connectivity index is 2.31. The van der Waals surface area contributed by atoms with Crippen molar-refractivity contribution in [1.82, 2.24) is 5.32 Å². The van der Waals surface area contributed by atoms with E-state index in [1.807, 2.05) is 19.1 Å². The van der Waals surface area contributed by atoms with E-state index in [4.69, 9.17) is 9.52 Å². The quantitative estimate of drug-likeness (QED) is 0.687. The number of carboxylic acid groups (broad SMARTS) is 1. The Morgan fingerprint density at radius 1 is 1.69 bits per heavy atom. The van der Waals surface area contributed by atoms with Gasteiger partial charge in [-0.15, -0.1) is 0 Å². The van der Waals surface area contributed by atoms with E-state index in [9.17, 15) is 4.79 Å². The van der Waals surface area contributed by atoms with Gasteiger partial charge in [0.25, 0.3) is 0 Å². The lowest BCUT2D eigenvalue weighted by molar-refractivity contribution is -0.131. The summed E-state index contributed by atoms with van der Waals surface area (Å²) >= 11 is 0. The number of aliphatic carboxylic acids is 1. The molecule has 0 amide bonds. The maximum atomic E-state index is 10.1. The summed E-state index contributed by atoms with van der Waals surface area (Å²) < 4.78 is 5.25. The largest absolute Gasteiger partial charge is 0.478 e. The minimum absolute atomic E-state index is 0.498. The van der Waals surface area contributed by atoms with Crippen LogP contribution in [0.1, 0.15) is 11.5 Å². The Kier molecular flexibility index (Phi) is 3.14. The molecule has 0 fully saturated rings. The van der Waals surface area contributed by atoms with Gasteiger partial charge in [-0.1, -0.05) is 0 Å². The molecule has 4 nitrogen and oxygen atoms in total. The van der Waals surface area contributed by atoms with Crippen LogP contribution in [0.2, 0.25) is 0 Å². The van der Waals surface area contributed by atoms with E-state index in [0.717, 1.165) is 17.6 Å². The number of hydrogen-bond acceptors (Lipinski definition) is 3. The van der Waals surface area contributed by atoms with Crippen molar-refractivity contribution in [3.05, 3.63) is 35.9 Å². The molecule has 0 aromatic carbocycles. The Labute approximate surface area is 75.9 Å². The lowest BCUT2D eigenvalue weighted by Crippen LogP contribution is -2.04. The lowest BCUT2D eigenvalue weighted by atomic mass is 10.4. The molecule has 0 bridgehead atoms. The maximum Gasteiger partial charge on any atom is 0.329 e. The Hall–Kier alpha value is -1.71. The SMILES string of the molecule is Cc1ccc(CN/C=C/C(=O)O)o1. The minimum Gasteiger partial charge on any atom is -0.478 e. The maximum absolute atomic E-state index is 10.1. The fraction of sp³-hybridized carbons (Fsp3) is 0.222. The molecule has 0 aliphatic carbocycles. The van der Waals surface area contributed by atoms with Crippen LogP contribution in [0.3, 0.4) is 0 Å². The Morgan fingerprint density at radius 3 is 3.00 bits per heavy atom. The summed E-state index contributed by atoms with van der Waals surface area (Å²) in [4.78, 5) is 10.1. The number of carbonyl (C=O) groups is 1. The van der Waals surface area contributed by atoms with Gasteiger partial charge in [0, 0.05) is 12.3 Å². The fourth-order valence-corrected chi connectivity index (χ4v) is 0.870. The smallest absolute Gasteiger partial charge is 0.329 e. The monoisotopic (exact) mass is 181 g/mol. The first kappa shape index (κ1) is 9.38. The molecule has 70 valence electrons. The number of furan rings is 1. The van der Waals surface area contributed by atoms with E-state index in [0.29, 0.717) is 6.54 Å². The molecule has 1 heterocycles. The molecule has 0 atom stereocenters. The van der Waals surface area contributed by atoms with Crippen molar-refractivity contribution in [1.29, 1.82) is 0 Å². The summed E-state index contributed by atoms with van der Waals surface area (Å²) in [7, 11) is 0. The highest BCUT2D eigenvalue weighted by Crippen LogP contribution is 2.04. The molecule has 0 radical (unpaired) electrons. The molecule has 1 rings (SSSR count). The van der Waals surface area contributed by atoms with Crippen molar-refractivity contribution >= 4 is 5.97 Å². The van der Waals surface area contributed by atoms with Crippen molar-refractivity contribution in [2.45, 2.75) is 13.5 Å². The predicted octanol–water partition coefficient (Wildman–Crippen LogP) is 1.28. The average molecular weight is 181 g/mol. The van der Waals surface area contributed by atoms with Crippen LogP contribution in [0.25, 0.3) is 0 Å². The van der Waals surface area contributed by atoms with Crippen molar-refractivity contribution in [3.8, 4) is 0 Å². The highest BCUT2D eigenvalue weighted by Gasteiger charge is 1.95. The molecular weight excluding hydrogens is 170 g/mol. The van der Waals surface area contributed by atoms with E-state index in [2.05, 4.69) is 5.32 Å². The second kappa shape index (κ2) is 4.35. The first-order valence-electron chi connectivity index (χ1n) is 3.86. The summed E-state index contributed by atoms with van der Waals surface area (Å²) in [6.45, 7) is 2.36. The second-order valence-corrected chi connectivity index (χ2v) is 2.56. The predicted molar refractivity (Wildman–Crippen MR) is 47.1 cm³/mol. The summed E-state index contributed by atoms with van der Waals surface area (Å²) in [6, 6.07) is 3.70. The minimum atomic E-state index is -0.969.